The largest absolute Gasteiger partial charge is 0.369 e. The Morgan fingerprint density at radius 2 is 1.85 bits per heavy atom. The highest BCUT2D eigenvalue weighted by Crippen LogP contribution is 2.20. The highest BCUT2D eigenvalue weighted by molar-refractivity contribution is 5.47. The smallest absolute Gasteiger partial charge is 0.145 e. The Labute approximate surface area is 122 Å². The summed E-state index contributed by atoms with van der Waals surface area (Å²) < 4.78 is 0. The van der Waals surface area contributed by atoms with E-state index in [-0.39, 0.29) is 11.3 Å². The van der Waals surface area contributed by atoms with E-state index in [1.165, 1.54) is 0 Å². The van der Waals surface area contributed by atoms with E-state index in [4.69, 9.17) is 5.84 Å². The molecule has 0 unspecified atom stereocenters. The molecule has 1 heterocycles. The van der Waals surface area contributed by atoms with Gasteiger partial charge in [-0.05, 0) is 19.5 Å². The van der Waals surface area contributed by atoms with Crippen LogP contribution in [-0.4, -0.2) is 42.1 Å². The van der Waals surface area contributed by atoms with E-state index in [9.17, 15) is 0 Å². The zero-order valence-corrected chi connectivity index (χ0v) is 13.5. The standard InChI is InChI=1S/C14H28N6/c1-10(2)13-17-11(7-12(18-13)19-15)16-8-14(3,4)9-20(5)6/h7,10H,8-9,15H2,1-6H3,(H2,16,17,18,19). The third-order valence-electron chi connectivity index (χ3n) is 2.90. The van der Waals surface area contributed by atoms with E-state index in [2.05, 4.69) is 67.4 Å². The molecule has 1 aromatic rings. The van der Waals surface area contributed by atoms with Crippen molar-refractivity contribution in [1.29, 1.82) is 0 Å². The van der Waals surface area contributed by atoms with Crippen LogP contribution in [0.4, 0.5) is 11.6 Å². The van der Waals surface area contributed by atoms with Gasteiger partial charge in [-0.3, -0.25) is 0 Å². The Bertz CT molecular complexity index is 428. The molecule has 4 N–H and O–H groups in total. The van der Waals surface area contributed by atoms with Gasteiger partial charge in [-0.25, -0.2) is 15.8 Å². The number of anilines is 2. The van der Waals surface area contributed by atoms with E-state index in [1.807, 2.05) is 6.07 Å². The number of hydrogen-bond donors (Lipinski definition) is 3. The Morgan fingerprint density at radius 1 is 1.25 bits per heavy atom. The Balaban J connectivity index is 2.79. The van der Waals surface area contributed by atoms with Gasteiger partial charge in [-0.15, -0.1) is 0 Å². The fourth-order valence-electron chi connectivity index (χ4n) is 2.13. The first kappa shape index (κ1) is 16.7. The average molecular weight is 280 g/mol. The maximum atomic E-state index is 5.46. The highest BCUT2D eigenvalue weighted by Gasteiger charge is 2.19. The number of nitrogens with two attached hydrogens (primary N) is 1. The van der Waals surface area contributed by atoms with Crippen molar-refractivity contribution in [3.05, 3.63) is 11.9 Å². The second kappa shape index (κ2) is 6.85. The molecule has 0 aliphatic rings. The predicted molar refractivity (Wildman–Crippen MR) is 84.8 cm³/mol. The SMILES string of the molecule is CC(C)c1nc(NN)cc(NCC(C)(C)CN(C)C)n1. The van der Waals surface area contributed by atoms with Crippen LogP contribution < -0.4 is 16.6 Å². The number of hydrazine groups is 1. The minimum Gasteiger partial charge on any atom is -0.369 e. The molecule has 0 radical (unpaired) electrons. The summed E-state index contributed by atoms with van der Waals surface area (Å²) in [6, 6.07) is 1.83. The molecule has 1 aromatic heterocycles. The summed E-state index contributed by atoms with van der Waals surface area (Å²) in [5, 5.41) is 3.39. The summed E-state index contributed by atoms with van der Waals surface area (Å²) in [5.41, 5.74) is 2.75. The lowest BCUT2D eigenvalue weighted by atomic mass is 9.93. The number of nitrogens with one attached hydrogen (secondary N) is 2. The molecule has 0 spiro atoms. The molecule has 0 saturated heterocycles. The summed E-state index contributed by atoms with van der Waals surface area (Å²) in [5.74, 6) is 7.95. The van der Waals surface area contributed by atoms with Crippen LogP contribution >= 0.6 is 0 Å². The van der Waals surface area contributed by atoms with Gasteiger partial charge in [0.1, 0.15) is 17.5 Å². The Morgan fingerprint density at radius 3 is 2.35 bits per heavy atom. The van der Waals surface area contributed by atoms with E-state index in [0.717, 1.165) is 24.7 Å². The summed E-state index contributed by atoms with van der Waals surface area (Å²) in [4.78, 5) is 11.1. The molecule has 0 aliphatic heterocycles. The van der Waals surface area contributed by atoms with Crippen molar-refractivity contribution in [1.82, 2.24) is 14.9 Å². The van der Waals surface area contributed by atoms with Crippen molar-refractivity contribution >= 4 is 11.6 Å². The number of hydrogen-bond acceptors (Lipinski definition) is 6. The number of nitrogens with zero attached hydrogens (tertiary/aromatic N) is 3. The summed E-state index contributed by atoms with van der Waals surface area (Å²) in [6.45, 7) is 10.4. The molecular weight excluding hydrogens is 252 g/mol. The molecule has 0 fully saturated rings. The molecule has 6 nitrogen and oxygen atoms in total. The molecule has 0 saturated carbocycles. The van der Waals surface area contributed by atoms with Gasteiger partial charge in [0.2, 0.25) is 0 Å². The third-order valence-corrected chi connectivity index (χ3v) is 2.90. The van der Waals surface area contributed by atoms with Crippen molar-refractivity contribution in [2.75, 3.05) is 37.9 Å². The van der Waals surface area contributed by atoms with Crippen molar-refractivity contribution in [2.24, 2.45) is 11.3 Å². The van der Waals surface area contributed by atoms with Gasteiger partial charge in [0.15, 0.2) is 0 Å². The van der Waals surface area contributed by atoms with Gasteiger partial charge in [-0.1, -0.05) is 27.7 Å². The maximum absolute atomic E-state index is 5.46. The molecule has 1 rings (SSSR count). The predicted octanol–water partition coefficient (Wildman–Crippen LogP) is 1.89. The summed E-state index contributed by atoms with van der Waals surface area (Å²) in [6.07, 6.45) is 0. The average Bonchev–Trinajstić information content (AvgIpc) is 2.34. The number of aromatic nitrogens is 2. The Kier molecular flexibility index (Phi) is 5.71. The lowest BCUT2D eigenvalue weighted by Crippen LogP contribution is -2.34. The molecule has 114 valence electrons. The van der Waals surface area contributed by atoms with E-state index in [0.29, 0.717) is 5.82 Å². The number of nitrogen functional groups attached to an aromatic ring is 1. The van der Waals surface area contributed by atoms with E-state index < -0.39 is 0 Å². The quantitative estimate of drug-likeness (QED) is 0.523. The van der Waals surface area contributed by atoms with E-state index >= 15 is 0 Å². The first-order valence-corrected chi connectivity index (χ1v) is 6.98. The fraction of sp³-hybridized carbons (Fsp3) is 0.714. The molecule has 0 atom stereocenters. The first-order chi connectivity index (χ1) is 9.23. The van der Waals surface area contributed by atoms with Crippen LogP contribution in [0.3, 0.4) is 0 Å². The van der Waals surface area contributed by atoms with E-state index in [1.54, 1.807) is 0 Å². The van der Waals surface area contributed by atoms with Gasteiger partial charge >= 0.3 is 0 Å². The molecule has 0 aliphatic carbocycles. The fourth-order valence-corrected chi connectivity index (χ4v) is 2.13. The highest BCUT2D eigenvalue weighted by atomic mass is 15.3. The van der Waals surface area contributed by atoms with Crippen LogP contribution in [0.25, 0.3) is 0 Å². The van der Waals surface area contributed by atoms with Crippen LogP contribution in [0, 0.1) is 5.41 Å². The zero-order valence-electron chi connectivity index (χ0n) is 13.5. The van der Waals surface area contributed by atoms with Crippen LogP contribution in [0.15, 0.2) is 6.07 Å². The minimum absolute atomic E-state index is 0.156. The van der Waals surface area contributed by atoms with Gasteiger partial charge in [0.05, 0.1) is 0 Å². The molecule has 20 heavy (non-hydrogen) atoms. The lowest BCUT2D eigenvalue weighted by molar-refractivity contribution is 0.254. The second-order valence-electron chi connectivity index (χ2n) is 6.55. The zero-order chi connectivity index (χ0) is 15.3. The Hall–Kier alpha value is -1.40. The molecule has 6 heteroatoms. The third kappa shape index (κ3) is 5.30. The van der Waals surface area contributed by atoms with Gasteiger partial charge in [0, 0.05) is 25.1 Å². The van der Waals surface area contributed by atoms with Gasteiger partial charge < -0.3 is 15.6 Å². The van der Waals surface area contributed by atoms with Crippen LogP contribution in [-0.2, 0) is 0 Å². The topological polar surface area (TPSA) is 79.1 Å². The monoisotopic (exact) mass is 280 g/mol. The summed E-state index contributed by atoms with van der Waals surface area (Å²) >= 11 is 0. The van der Waals surface area contributed by atoms with Crippen molar-refractivity contribution in [3.63, 3.8) is 0 Å². The van der Waals surface area contributed by atoms with Gasteiger partial charge in [0.25, 0.3) is 0 Å². The van der Waals surface area contributed by atoms with Crippen molar-refractivity contribution < 1.29 is 0 Å². The maximum Gasteiger partial charge on any atom is 0.145 e. The molecule has 0 amide bonds. The van der Waals surface area contributed by atoms with Crippen LogP contribution in [0.5, 0.6) is 0 Å². The minimum atomic E-state index is 0.156. The van der Waals surface area contributed by atoms with Crippen LogP contribution in [0.1, 0.15) is 39.4 Å². The lowest BCUT2D eigenvalue weighted by Gasteiger charge is -2.28. The normalized spacial score (nSPS) is 12.1. The number of rotatable bonds is 7. The first-order valence-electron chi connectivity index (χ1n) is 6.98. The van der Waals surface area contributed by atoms with Crippen molar-refractivity contribution in [2.45, 2.75) is 33.6 Å². The van der Waals surface area contributed by atoms with Crippen LogP contribution in [0.2, 0.25) is 0 Å². The summed E-state index contributed by atoms with van der Waals surface area (Å²) in [7, 11) is 4.17. The van der Waals surface area contributed by atoms with Crippen molar-refractivity contribution in [3.8, 4) is 0 Å². The second-order valence-corrected chi connectivity index (χ2v) is 6.55. The molecule has 0 aromatic carbocycles. The molecule has 0 bridgehead atoms. The molecular formula is C14H28N6. The van der Waals surface area contributed by atoms with Gasteiger partial charge in [-0.2, -0.15) is 0 Å².